The maximum Gasteiger partial charge on any atom is 0.487 e. The van der Waals surface area contributed by atoms with Gasteiger partial charge in [0.05, 0.1) is 6.61 Å². The van der Waals surface area contributed by atoms with Crippen LogP contribution in [0.1, 0.15) is 33.3 Å². The van der Waals surface area contributed by atoms with Crippen molar-refractivity contribution in [1.29, 1.82) is 0 Å². The van der Waals surface area contributed by atoms with E-state index in [0.29, 0.717) is 5.56 Å². The summed E-state index contributed by atoms with van der Waals surface area (Å²) in [6, 6.07) is 6.57. The predicted molar refractivity (Wildman–Crippen MR) is 97.7 cm³/mol. The summed E-state index contributed by atoms with van der Waals surface area (Å²) in [5, 5.41) is 2.18. The summed E-state index contributed by atoms with van der Waals surface area (Å²) in [6.07, 6.45) is -6.42. The van der Waals surface area contributed by atoms with Crippen molar-refractivity contribution in [3.63, 3.8) is 0 Å². The molecule has 7 nitrogen and oxygen atoms in total. The first-order chi connectivity index (χ1) is 13.3. The van der Waals surface area contributed by atoms with Crippen LogP contribution in [0.25, 0.3) is 0 Å². The van der Waals surface area contributed by atoms with Gasteiger partial charge in [0, 0.05) is 6.42 Å². The number of alkyl halides is 3. The van der Waals surface area contributed by atoms with Gasteiger partial charge in [0.2, 0.25) is 0 Å². The SMILES string of the molecule is CCOC(=O)CN(C(=O)[C@H](Cc1ccccc1)NC(=O)OC(C)(C)C)C(F)(F)F. The van der Waals surface area contributed by atoms with E-state index in [2.05, 4.69) is 10.1 Å². The van der Waals surface area contributed by atoms with Crippen LogP contribution in [0.2, 0.25) is 0 Å². The number of carbonyl (C=O) groups excluding carboxylic acids is 3. The zero-order valence-electron chi connectivity index (χ0n) is 16.7. The Morgan fingerprint density at radius 2 is 1.69 bits per heavy atom. The number of rotatable bonds is 7. The summed E-state index contributed by atoms with van der Waals surface area (Å²) in [5.74, 6) is -2.71. The van der Waals surface area contributed by atoms with Crippen LogP contribution in [0.5, 0.6) is 0 Å². The lowest BCUT2D eigenvalue weighted by atomic mass is 10.0. The second kappa shape index (κ2) is 10.1. The monoisotopic (exact) mass is 418 g/mol. The Morgan fingerprint density at radius 3 is 2.17 bits per heavy atom. The third kappa shape index (κ3) is 8.84. The summed E-state index contributed by atoms with van der Waals surface area (Å²) in [5.41, 5.74) is -0.404. The molecule has 0 spiro atoms. The van der Waals surface area contributed by atoms with Gasteiger partial charge in [-0.05, 0) is 33.3 Å². The van der Waals surface area contributed by atoms with Crippen LogP contribution >= 0.6 is 0 Å². The predicted octanol–water partition coefficient (Wildman–Crippen LogP) is 3.03. The van der Waals surface area contributed by atoms with Gasteiger partial charge in [-0.25, -0.2) is 9.69 Å². The molecular weight excluding hydrogens is 393 g/mol. The molecule has 162 valence electrons. The number of nitrogens with one attached hydrogen (secondary N) is 1. The Labute approximate surface area is 167 Å². The van der Waals surface area contributed by atoms with Crippen molar-refractivity contribution in [1.82, 2.24) is 10.2 Å². The van der Waals surface area contributed by atoms with E-state index >= 15 is 0 Å². The van der Waals surface area contributed by atoms with Crippen LogP contribution in [-0.4, -0.2) is 54.0 Å². The molecule has 0 radical (unpaired) electrons. The molecule has 1 atom stereocenters. The highest BCUT2D eigenvalue weighted by molar-refractivity contribution is 5.89. The highest BCUT2D eigenvalue weighted by Crippen LogP contribution is 2.23. The van der Waals surface area contributed by atoms with E-state index in [9.17, 15) is 27.6 Å². The molecule has 1 rings (SSSR count). The van der Waals surface area contributed by atoms with Crippen molar-refractivity contribution < 1.29 is 37.0 Å². The van der Waals surface area contributed by atoms with Gasteiger partial charge in [-0.15, -0.1) is 13.2 Å². The van der Waals surface area contributed by atoms with Crippen LogP contribution in [-0.2, 0) is 25.5 Å². The molecule has 1 aromatic carbocycles. The average molecular weight is 418 g/mol. The van der Waals surface area contributed by atoms with Gasteiger partial charge in [0.25, 0.3) is 5.91 Å². The molecule has 29 heavy (non-hydrogen) atoms. The van der Waals surface area contributed by atoms with Gasteiger partial charge in [-0.1, -0.05) is 30.3 Å². The molecule has 0 aliphatic carbocycles. The first kappa shape index (κ1) is 24.3. The largest absolute Gasteiger partial charge is 0.487 e. The molecule has 0 unspecified atom stereocenters. The van der Waals surface area contributed by atoms with Gasteiger partial charge in [-0.3, -0.25) is 9.59 Å². The Bertz CT molecular complexity index is 702. The number of esters is 1. The Hall–Kier alpha value is -2.78. The lowest BCUT2D eigenvalue weighted by Gasteiger charge is -2.29. The zero-order valence-corrected chi connectivity index (χ0v) is 16.7. The van der Waals surface area contributed by atoms with Crippen molar-refractivity contribution in [2.24, 2.45) is 0 Å². The fraction of sp³-hybridized carbons (Fsp3) is 0.526. The number of carbonyl (C=O) groups is 3. The molecule has 0 aliphatic rings. The van der Waals surface area contributed by atoms with Gasteiger partial charge >= 0.3 is 18.4 Å². The van der Waals surface area contributed by atoms with E-state index in [-0.39, 0.29) is 13.0 Å². The van der Waals surface area contributed by atoms with Crippen molar-refractivity contribution in [3.8, 4) is 0 Å². The van der Waals surface area contributed by atoms with Gasteiger partial charge in [0.1, 0.15) is 18.2 Å². The summed E-state index contributed by atoms with van der Waals surface area (Å²) < 4.78 is 49.9. The van der Waals surface area contributed by atoms with E-state index in [4.69, 9.17) is 4.74 Å². The van der Waals surface area contributed by atoms with Crippen LogP contribution < -0.4 is 5.32 Å². The summed E-state index contributed by atoms with van der Waals surface area (Å²) in [4.78, 5) is 35.7. The molecule has 2 amide bonds. The normalized spacial score (nSPS) is 12.7. The third-order valence-electron chi connectivity index (χ3n) is 3.44. The number of amides is 2. The van der Waals surface area contributed by atoms with Gasteiger partial charge in [0.15, 0.2) is 0 Å². The summed E-state index contributed by atoms with van der Waals surface area (Å²) in [6.45, 7) is 4.69. The van der Waals surface area contributed by atoms with Gasteiger partial charge < -0.3 is 14.8 Å². The highest BCUT2D eigenvalue weighted by Gasteiger charge is 2.45. The lowest BCUT2D eigenvalue weighted by molar-refractivity contribution is -0.243. The number of alkyl carbamates (subject to hydrolysis) is 1. The van der Waals surface area contributed by atoms with E-state index in [1.54, 1.807) is 51.1 Å². The fourth-order valence-corrected chi connectivity index (χ4v) is 2.32. The number of benzene rings is 1. The van der Waals surface area contributed by atoms with Crippen molar-refractivity contribution in [2.45, 2.75) is 52.1 Å². The number of ether oxygens (including phenoxy) is 2. The highest BCUT2D eigenvalue weighted by atomic mass is 19.4. The standard InChI is InChI=1S/C19H25F3N2O5/c1-5-28-15(25)12-24(19(20,21)22)16(26)14(11-13-9-7-6-8-10-13)23-17(27)29-18(2,3)4/h6-10,14H,5,11-12H2,1-4H3,(H,23,27)/t14-/m0/s1. The van der Waals surface area contributed by atoms with E-state index in [0.717, 1.165) is 0 Å². The first-order valence-corrected chi connectivity index (χ1v) is 8.90. The van der Waals surface area contributed by atoms with E-state index < -0.39 is 47.4 Å². The molecular formula is C19H25F3N2O5. The molecule has 1 N–H and O–H groups in total. The summed E-state index contributed by atoms with van der Waals surface area (Å²) in [7, 11) is 0. The fourth-order valence-electron chi connectivity index (χ4n) is 2.32. The maximum absolute atomic E-state index is 13.4. The number of halogens is 3. The molecule has 0 aromatic heterocycles. The van der Waals surface area contributed by atoms with Crippen LogP contribution in [0, 0.1) is 0 Å². The number of hydrogen-bond acceptors (Lipinski definition) is 5. The van der Waals surface area contributed by atoms with Crippen molar-refractivity contribution >= 4 is 18.0 Å². The second-order valence-electron chi connectivity index (χ2n) is 7.09. The second-order valence-corrected chi connectivity index (χ2v) is 7.09. The van der Waals surface area contributed by atoms with Crippen LogP contribution in [0.3, 0.4) is 0 Å². The maximum atomic E-state index is 13.4. The third-order valence-corrected chi connectivity index (χ3v) is 3.44. The van der Waals surface area contributed by atoms with Crippen molar-refractivity contribution in [2.75, 3.05) is 13.2 Å². The average Bonchev–Trinajstić information content (AvgIpc) is 2.57. The van der Waals surface area contributed by atoms with Gasteiger partial charge in [-0.2, -0.15) is 0 Å². The number of nitrogens with zero attached hydrogens (tertiary/aromatic N) is 1. The molecule has 1 aromatic rings. The molecule has 0 saturated heterocycles. The lowest BCUT2D eigenvalue weighted by Crippen LogP contribution is -2.56. The Morgan fingerprint density at radius 1 is 1.10 bits per heavy atom. The Balaban J connectivity index is 3.13. The van der Waals surface area contributed by atoms with Crippen LogP contribution in [0.15, 0.2) is 30.3 Å². The molecule has 0 saturated carbocycles. The molecule has 10 heteroatoms. The van der Waals surface area contributed by atoms with E-state index in [1.807, 2.05) is 0 Å². The molecule has 0 aliphatic heterocycles. The van der Waals surface area contributed by atoms with E-state index in [1.165, 1.54) is 6.92 Å². The quantitative estimate of drug-likeness (QED) is 0.544. The Kier molecular flexibility index (Phi) is 8.47. The smallest absolute Gasteiger partial charge is 0.465 e. The van der Waals surface area contributed by atoms with Crippen molar-refractivity contribution in [3.05, 3.63) is 35.9 Å². The molecule has 0 heterocycles. The molecule has 0 fully saturated rings. The summed E-state index contributed by atoms with van der Waals surface area (Å²) >= 11 is 0. The van der Waals surface area contributed by atoms with Crippen LogP contribution in [0.4, 0.5) is 18.0 Å². The minimum Gasteiger partial charge on any atom is -0.465 e. The molecule has 0 bridgehead atoms. The topological polar surface area (TPSA) is 84.9 Å². The zero-order chi connectivity index (χ0) is 22.2. The minimum absolute atomic E-state index is 0.137. The minimum atomic E-state index is -5.14. The first-order valence-electron chi connectivity index (χ1n) is 8.90. The number of hydrogen-bond donors (Lipinski definition) is 1.